The zero-order chi connectivity index (χ0) is 19.1. The summed E-state index contributed by atoms with van der Waals surface area (Å²) in [7, 11) is 0. The Hall–Kier alpha value is -2.43. The molecule has 1 aliphatic rings. The molecule has 0 aliphatic carbocycles. The summed E-state index contributed by atoms with van der Waals surface area (Å²) in [5.74, 6) is -0.579. The van der Waals surface area contributed by atoms with Crippen LogP contribution in [0.2, 0.25) is 10.0 Å². The highest BCUT2D eigenvalue weighted by Crippen LogP contribution is 2.25. The second-order valence-electron chi connectivity index (χ2n) is 5.45. The lowest BCUT2D eigenvalue weighted by Gasteiger charge is -2.33. The summed E-state index contributed by atoms with van der Waals surface area (Å²) in [5, 5.41) is 12.6. The van der Waals surface area contributed by atoms with Crippen molar-refractivity contribution in [2.24, 2.45) is 0 Å². The van der Waals surface area contributed by atoms with E-state index in [-0.39, 0.29) is 11.7 Å². The van der Waals surface area contributed by atoms with E-state index in [9.17, 15) is 14.9 Å². The zero-order valence-corrected chi connectivity index (χ0v) is 15.7. The van der Waals surface area contributed by atoms with E-state index in [0.29, 0.717) is 48.5 Å². The molecule has 138 valence electrons. The maximum absolute atomic E-state index is 12.3. The zero-order valence-electron chi connectivity index (χ0n) is 14.2. The van der Waals surface area contributed by atoms with Crippen LogP contribution in [-0.4, -0.2) is 54.6 Å². The molecular weight excluding hydrogens is 379 g/mol. The number of anilines is 1. The van der Waals surface area contributed by atoms with Crippen LogP contribution in [0.3, 0.4) is 0 Å². The van der Waals surface area contributed by atoms with Crippen molar-refractivity contribution in [2.75, 3.05) is 38.1 Å². The lowest BCUT2D eigenvalue weighted by atomic mass is 10.2. The molecule has 1 N–H and O–H groups in total. The average Bonchev–Trinajstić information content (AvgIpc) is 2.63. The lowest BCUT2D eigenvalue weighted by molar-refractivity contribution is -0.112. The van der Waals surface area contributed by atoms with E-state index in [1.807, 2.05) is 11.0 Å². The minimum atomic E-state index is -0.579. The predicted molar refractivity (Wildman–Crippen MR) is 99.0 cm³/mol. The van der Waals surface area contributed by atoms with E-state index in [4.69, 9.17) is 27.9 Å². The van der Waals surface area contributed by atoms with E-state index >= 15 is 0 Å². The van der Waals surface area contributed by atoms with Crippen LogP contribution in [0.4, 0.5) is 10.5 Å². The van der Waals surface area contributed by atoms with E-state index in [0.717, 1.165) is 0 Å². The van der Waals surface area contributed by atoms with Crippen LogP contribution in [0.25, 0.3) is 0 Å². The lowest BCUT2D eigenvalue weighted by Crippen LogP contribution is -2.47. The second kappa shape index (κ2) is 9.32. The number of hydrogen-bond acceptors (Lipinski definition) is 5. The van der Waals surface area contributed by atoms with Crippen LogP contribution in [0.5, 0.6) is 0 Å². The minimum Gasteiger partial charge on any atom is -0.450 e. The molecule has 2 amide bonds. The molecule has 0 aromatic heterocycles. The van der Waals surface area contributed by atoms with Crippen LogP contribution >= 0.6 is 23.2 Å². The quantitative estimate of drug-likeness (QED) is 0.623. The first-order chi connectivity index (χ1) is 12.4. The molecule has 1 aliphatic heterocycles. The van der Waals surface area contributed by atoms with Crippen LogP contribution in [0, 0.1) is 11.3 Å². The Morgan fingerprint density at radius 1 is 1.31 bits per heavy atom. The molecule has 0 saturated carbocycles. The van der Waals surface area contributed by atoms with Crippen LogP contribution in [-0.2, 0) is 9.53 Å². The van der Waals surface area contributed by atoms with Gasteiger partial charge in [0.25, 0.3) is 5.91 Å². The maximum atomic E-state index is 12.3. The van der Waals surface area contributed by atoms with Gasteiger partial charge < -0.3 is 19.9 Å². The van der Waals surface area contributed by atoms with E-state index in [2.05, 4.69) is 5.32 Å². The Kier molecular flexibility index (Phi) is 7.13. The molecule has 7 nitrogen and oxygen atoms in total. The Labute approximate surface area is 161 Å². The van der Waals surface area contributed by atoms with Crippen molar-refractivity contribution in [3.63, 3.8) is 0 Å². The third kappa shape index (κ3) is 5.28. The largest absolute Gasteiger partial charge is 0.450 e. The third-order valence-electron chi connectivity index (χ3n) is 3.69. The number of hydrogen-bond donors (Lipinski definition) is 1. The molecule has 0 unspecified atom stereocenters. The molecular formula is C17H18Cl2N4O3. The molecule has 1 saturated heterocycles. The number of amides is 2. The van der Waals surface area contributed by atoms with Gasteiger partial charge in [0.2, 0.25) is 0 Å². The van der Waals surface area contributed by atoms with Gasteiger partial charge >= 0.3 is 6.09 Å². The van der Waals surface area contributed by atoms with Crippen molar-refractivity contribution in [1.82, 2.24) is 9.80 Å². The number of carbonyl (C=O) groups excluding carboxylic acids is 2. The van der Waals surface area contributed by atoms with E-state index < -0.39 is 5.91 Å². The SMILES string of the molecule is CCOC(=O)N1CCN(/C=C(/C#N)C(=O)Nc2cc(Cl)ccc2Cl)CC1. The smallest absolute Gasteiger partial charge is 0.409 e. The van der Waals surface area contributed by atoms with Crippen LogP contribution in [0.15, 0.2) is 30.0 Å². The highest BCUT2D eigenvalue weighted by Gasteiger charge is 2.21. The summed E-state index contributed by atoms with van der Waals surface area (Å²) in [4.78, 5) is 27.4. The summed E-state index contributed by atoms with van der Waals surface area (Å²) in [5.41, 5.74) is 0.267. The first-order valence-corrected chi connectivity index (χ1v) is 8.74. The Balaban J connectivity index is 2.00. The predicted octanol–water partition coefficient (Wildman–Crippen LogP) is 3.11. The fourth-order valence-electron chi connectivity index (χ4n) is 2.35. The number of rotatable bonds is 4. The third-order valence-corrected chi connectivity index (χ3v) is 4.26. The van der Waals surface area contributed by atoms with Gasteiger partial charge in [-0.1, -0.05) is 23.2 Å². The van der Waals surface area contributed by atoms with Gasteiger partial charge in [0, 0.05) is 37.4 Å². The summed E-state index contributed by atoms with van der Waals surface area (Å²) in [6.07, 6.45) is 1.13. The molecule has 1 aromatic carbocycles. The highest BCUT2D eigenvalue weighted by atomic mass is 35.5. The molecule has 0 radical (unpaired) electrons. The number of halogens is 2. The maximum Gasteiger partial charge on any atom is 0.409 e. The summed E-state index contributed by atoms with van der Waals surface area (Å²) >= 11 is 11.9. The van der Waals surface area contributed by atoms with Gasteiger partial charge in [-0.25, -0.2) is 4.79 Å². The number of benzene rings is 1. The van der Waals surface area contributed by atoms with Gasteiger partial charge in [0.15, 0.2) is 0 Å². The van der Waals surface area contributed by atoms with E-state index in [1.165, 1.54) is 12.3 Å². The monoisotopic (exact) mass is 396 g/mol. The molecule has 2 rings (SSSR count). The molecule has 0 bridgehead atoms. The van der Waals surface area contributed by atoms with Crippen molar-refractivity contribution in [3.8, 4) is 6.07 Å². The Morgan fingerprint density at radius 2 is 2.00 bits per heavy atom. The molecule has 0 spiro atoms. The number of nitriles is 1. The van der Waals surface area contributed by atoms with Crippen molar-refractivity contribution >= 4 is 40.9 Å². The standard InChI is InChI=1S/C17H18Cl2N4O3/c1-2-26-17(25)23-7-5-22(6-8-23)11-12(10-20)16(24)21-15-9-13(18)3-4-14(15)19/h3-4,9,11H,2,5-8H2,1H3,(H,21,24)/b12-11-. The van der Waals surface area contributed by atoms with E-state index in [1.54, 1.807) is 24.0 Å². The molecule has 26 heavy (non-hydrogen) atoms. The first-order valence-electron chi connectivity index (χ1n) is 7.98. The molecule has 9 heteroatoms. The van der Waals surface area contributed by atoms with Crippen LogP contribution in [0.1, 0.15) is 6.92 Å². The first kappa shape index (κ1) is 19.9. The van der Waals surface area contributed by atoms with Crippen molar-refractivity contribution < 1.29 is 14.3 Å². The number of nitrogens with one attached hydrogen (secondary N) is 1. The number of ether oxygens (including phenoxy) is 1. The second-order valence-corrected chi connectivity index (χ2v) is 6.30. The average molecular weight is 397 g/mol. The fourth-order valence-corrected chi connectivity index (χ4v) is 2.69. The van der Waals surface area contributed by atoms with Gasteiger partial charge in [-0.3, -0.25) is 4.79 Å². The van der Waals surface area contributed by atoms with Gasteiger partial charge in [0.1, 0.15) is 11.6 Å². The Morgan fingerprint density at radius 3 is 2.62 bits per heavy atom. The number of piperazine rings is 1. The minimum absolute atomic E-state index is 0.0642. The molecule has 1 heterocycles. The van der Waals surface area contributed by atoms with Gasteiger partial charge in [0.05, 0.1) is 17.3 Å². The highest BCUT2D eigenvalue weighted by molar-refractivity contribution is 6.35. The van der Waals surface area contributed by atoms with Crippen molar-refractivity contribution in [2.45, 2.75) is 6.92 Å². The fraction of sp³-hybridized carbons (Fsp3) is 0.353. The van der Waals surface area contributed by atoms with Gasteiger partial charge in [-0.15, -0.1) is 0 Å². The normalized spacial score (nSPS) is 14.6. The van der Waals surface area contributed by atoms with Crippen LogP contribution < -0.4 is 5.32 Å². The number of nitrogens with zero attached hydrogens (tertiary/aromatic N) is 3. The van der Waals surface area contributed by atoms with Gasteiger partial charge in [-0.2, -0.15) is 5.26 Å². The van der Waals surface area contributed by atoms with Gasteiger partial charge in [-0.05, 0) is 25.1 Å². The summed E-state index contributed by atoms with van der Waals surface area (Å²) < 4.78 is 4.96. The molecule has 1 fully saturated rings. The van der Waals surface area contributed by atoms with Crippen molar-refractivity contribution in [1.29, 1.82) is 5.26 Å². The topological polar surface area (TPSA) is 85.7 Å². The summed E-state index contributed by atoms with van der Waals surface area (Å²) in [6, 6.07) is 6.55. The Bertz CT molecular complexity index is 753. The van der Waals surface area contributed by atoms with Crippen molar-refractivity contribution in [3.05, 3.63) is 40.0 Å². The number of carbonyl (C=O) groups is 2. The molecule has 1 aromatic rings. The summed E-state index contributed by atoms with van der Waals surface area (Å²) in [6.45, 7) is 3.97. The molecule has 0 atom stereocenters.